The maximum absolute atomic E-state index is 12.1. The first-order chi connectivity index (χ1) is 10.6. The number of carbonyl (C=O) groups excluding carboxylic acids is 1. The maximum atomic E-state index is 12.1. The number of methoxy groups -OCH3 is 1. The second kappa shape index (κ2) is 7.42. The van der Waals surface area contributed by atoms with Gasteiger partial charge >= 0.3 is 0 Å². The average Bonchev–Trinajstić information content (AvgIpc) is 2.77. The quantitative estimate of drug-likeness (QED) is 0.769. The van der Waals surface area contributed by atoms with Gasteiger partial charge in [0, 0.05) is 49.0 Å². The summed E-state index contributed by atoms with van der Waals surface area (Å²) < 4.78 is 7.39. The van der Waals surface area contributed by atoms with Crippen molar-refractivity contribution in [2.45, 2.75) is 26.8 Å². The predicted octanol–water partition coefficient (Wildman–Crippen LogP) is 2.02. The fourth-order valence-electron chi connectivity index (χ4n) is 2.64. The number of aromatic nitrogens is 1. The van der Waals surface area contributed by atoms with Crippen LogP contribution < -0.4 is 5.32 Å². The van der Waals surface area contributed by atoms with Gasteiger partial charge in [-0.2, -0.15) is 0 Å². The lowest BCUT2D eigenvalue weighted by Gasteiger charge is -2.08. The second-order valence-corrected chi connectivity index (χ2v) is 5.42. The van der Waals surface area contributed by atoms with Gasteiger partial charge < -0.3 is 19.7 Å². The number of aliphatic hydroxyl groups is 1. The molecule has 0 atom stereocenters. The number of rotatable bonds is 7. The van der Waals surface area contributed by atoms with E-state index in [-0.39, 0.29) is 12.5 Å². The summed E-state index contributed by atoms with van der Waals surface area (Å²) in [7, 11) is 1.70. The fraction of sp³-hybridized carbons (Fsp3) is 0.471. The average molecular weight is 304 g/mol. The van der Waals surface area contributed by atoms with E-state index in [1.807, 2.05) is 18.2 Å². The molecule has 1 aromatic heterocycles. The van der Waals surface area contributed by atoms with Gasteiger partial charge in [0.15, 0.2) is 0 Å². The summed E-state index contributed by atoms with van der Waals surface area (Å²) in [6.07, 6.45) is 0.569. The molecule has 1 aromatic carbocycles. The molecule has 0 spiro atoms. The van der Waals surface area contributed by atoms with Crippen molar-refractivity contribution in [2.24, 2.45) is 0 Å². The Morgan fingerprint density at radius 1 is 1.36 bits per heavy atom. The van der Waals surface area contributed by atoms with Crippen molar-refractivity contribution in [1.29, 1.82) is 0 Å². The van der Waals surface area contributed by atoms with Crippen molar-refractivity contribution in [3.63, 3.8) is 0 Å². The Labute approximate surface area is 130 Å². The number of aryl methyl sites for hydroxylation is 1. The Bertz CT molecular complexity index is 661. The van der Waals surface area contributed by atoms with E-state index in [0.29, 0.717) is 25.1 Å². The number of hydrogen-bond donors (Lipinski definition) is 2. The van der Waals surface area contributed by atoms with Crippen molar-refractivity contribution < 1.29 is 14.6 Å². The second-order valence-electron chi connectivity index (χ2n) is 5.42. The number of benzene rings is 1. The van der Waals surface area contributed by atoms with Gasteiger partial charge in [-0.25, -0.2) is 0 Å². The number of amides is 1. The summed E-state index contributed by atoms with van der Waals surface area (Å²) in [5.41, 5.74) is 4.16. The standard InChI is InChI=1S/C17H24N2O3/c1-12-13(2)19(8-10-22-3)16-6-5-14(11-15(12)16)17(21)18-7-4-9-20/h5-6,11,20H,4,7-10H2,1-3H3,(H,18,21). The van der Waals surface area contributed by atoms with Gasteiger partial charge in [-0.3, -0.25) is 4.79 Å². The van der Waals surface area contributed by atoms with Gasteiger partial charge in [0.1, 0.15) is 0 Å². The molecule has 0 saturated heterocycles. The smallest absolute Gasteiger partial charge is 0.251 e. The number of nitrogens with zero attached hydrogens (tertiary/aromatic N) is 1. The van der Waals surface area contributed by atoms with Crippen molar-refractivity contribution >= 4 is 16.8 Å². The molecule has 0 aliphatic carbocycles. The van der Waals surface area contributed by atoms with Crippen LogP contribution in [0.1, 0.15) is 28.0 Å². The van der Waals surface area contributed by atoms with Crippen molar-refractivity contribution in [3.05, 3.63) is 35.0 Å². The molecule has 1 heterocycles. The highest BCUT2D eigenvalue weighted by Crippen LogP contribution is 2.26. The molecule has 0 aliphatic heterocycles. The van der Waals surface area contributed by atoms with Gasteiger partial charge in [0.25, 0.3) is 5.91 Å². The fourth-order valence-corrected chi connectivity index (χ4v) is 2.64. The zero-order valence-corrected chi connectivity index (χ0v) is 13.5. The van der Waals surface area contributed by atoms with E-state index >= 15 is 0 Å². The van der Waals surface area contributed by atoms with Crippen LogP contribution >= 0.6 is 0 Å². The van der Waals surface area contributed by atoms with Gasteiger partial charge in [0.05, 0.1) is 6.61 Å². The van der Waals surface area contributed by atoms with Crippen LogP contribution in [0.25, 0.3) is 10.9 Å². The molecule has 0 saturated carbocycles. The molecular weight excluding hydrogens is 280 g/mol. The van der Waals surface area contributed by atoms with Gasteiger partial charge in [-0.15, -0.1) is 0 Å². The lowest BCUT2D eigenvalue weighted by Crippen LogP contribution is -2.24. The molecule has 0 unspecified atom stereocenters. The summed E-state index contributed by atoms with van der Waals surface area (Å²) in [6, 6.07) is 5.78. The van der Waals surface area contributed by atoms with Crippen LogP contribution in [0.3, 0.4) is 0 Å². The summed E-state index contributed by atoms with van der Waals surface area (Å²) in [4.78, 5) is 12.1. The molecular formula is C17H24N2O3. The minimum absolute atomic E-state index is 0.0833. The number of nitrogens with one attached hydrogen (secondary N) is 1. The van der Waals surface area contributed by atoms with Crippen LogP contribution in [0.4, 0.5) is 0 Å². The first kappa shape index (κ1) is 16.5. The number of aliphatic hydroxyl groups excluding tert-OH is 1. The molecule has 0 fully saturated rings. The van der Waals surface area contributed by atoms with E-state index < -0.39 is 0 Å². The Kier molecular flexibility index (Phi) is 5.57. The normalized spacial score (nSPS) is 11.1. The Balaban J connectivity index is 2.30. The summed E-state index contributed by atoms with van der Waals surface area (Å²) in [6.45, 7) is 6.20. The third-order valence-corrected chi connectivity index (χ3v) is 4.04. The Morgan fingerprint density at radius 2 is 2.14 bits per heavy atom. The maximum Gasteiger partial charge on any atom is 0.251 e. The molecule has 0 bridgehead atoms. The number of fused-ring (bicyclic) bond motifs is 1. The molecule has 2 rings (SSSR count). The zero-order chi connectivity index (χ0) is 16.1. The van der Waals surface area contributed by atoms with E-state index in [0.717, 1.165) is 17.4 Å². The highest BCUT2D eigenvalue weighted by molar-refractivity contribution is 5.99. The molecule has 0 aliphatic rings. The summed E-state index contributed by atoms with van der Waals surface area (Å²) in [5, 5.41) is 12.7. The molecule has 5 nitrogen and oxygen atoms in total. The molecule has 1 amide bonds. The molecule has 5 heteroatoms. The van der Waals surface area contributed by atoms with Crippen LogP contribution in [0.15, 0.2) is 18.2 Å². The van der Waals surface area contributed by atoms with Crippen molar-refractivity contribution in [1.82, 2.24) is 9.88 Å². The molecule has 2 aromatic rings. The van der Waals surface area contributed by atoms with E-state index in [4.69, 9.17) is 9.84 Å². The monoisotopic (exact) mass is 304 g/mol. The first-order valence-electron chi connectivity index (χ1n) is 7.57. The number of hydrogen-bond acceptors (Lipinski definition) is 3. The lowest BCUT2D eigenvalue weighted by atomic mass is 10.1. The lowest BCUT2D eigenvalue weighted by molar-refractivity contribution is 0.0951. The minimum Gasteiger partial charge on any atom is -0.396 e. The molecule has 2 N–H and O–H groups in total. The minimum atomic E-state index is -0.1000. The highest BCUT2D eigenvalue weighted by atomic mass is 16.5. The Morgan fingerprint density at radius 3 is 2.82 bits per heavy atom. The zero-order valence-electron chi connectivity index (χ0n) is 13.5. The van der Waals surface area contributed by atoms with E-state index in [2.05, 4.69) is 23.7 Å². The summed E-state index contributed by atoms with van der Waals surface area (Å²) in [5.74, 6) is -0.1000. The molecule has 120 valence electrons. The Hall–Kier alpha value is -1.85. The van der Waals surface area contributed by atoms with Crippen LogP contribution in [-0.2, 0) is 11.3 Å². The molecule has 0 radical (unpaired) electrons. The third kappa shape index (κ3) is 3.31. The highest BCUT2D eigenvalue weighted by Gasteiger charge is 2.13. The van der Waals surface area contributed by atoms with Gasteiger partial charge in [0.2, 0.25) is 0 Å². The van der Waals surface area contributed by atoms with Crippen LogP contribution in [0.5, 0.6) is 0 Å². The predicted molar refractivity (Wildman–Crippen MR) is 87.3 cm³/mol. The summed E-state index contributed by atoms with van der Waals surface area (Å²) >= 11 is 0. The van der Waals surface area contributed by atoms with Crippen LogP contribution in [0.2, 0.25) is 0 Å². The van der Waals surface area contributed by atoms with E-state index in [9.17, 15) is 4.79 Å². The van der Waals surface area contributed by atoms with Gasteiger partial charge in [-0.05, 0) is 44.0 Å². The topological polar surface area (TPSA) is 63.5 Å². The largest absolute Gasteiger partial charge is 0.396 e. The van der Waals surface area contributed by atoms with Crippen molar-refractivity contribution in [2.75, 3.05) is 26.9 Å². The number of ether oxygens (including phenoxy) is 1. The van der Waals surface area contributed by atoms with Gasteiger partial charge in [-0.1, -0.05) is 0 Å². The van der Waals surface area contributed by atoms with Crippen LogP contribution in [-0.4, -0.2) is 42.4 Å². The third-order valence-electron chi connectivity index (χ3n) is 4.04. The van der Waals surface area contributed by atoms with Crippen molar-refractivity contribution in [3.8, 4) is 0 Å². The first-order valence-corrected chi connectivity index (χ1v) is 7.57. The molecule has 22 heavy (non-hydrogen) atoms. The number of carbonyl (C=O) groups is 1. The van der Waals surface area contributed by atoms with Crippen LogP contribution in [0, 0.1) is 13.8 Å². The SMILES string of the molecule is COCCn1c(C)c(C)c2cc(C(=O)NCCCO)ccc21. The van der Waals surface area contributed by atoms with E-state index in [1.165, 1.54) is 11.3 Å². The van der Waals surface area contributed by atoms with E-state index in [1.54, 1.807) is 7.11 Å².